The number of unbranched alkanes of at least 4 members (excludes halogenated alkanes) is 18. The topological polar surface area (TPSA) is 19.7 Å². The highest BCUT2D eigenvalue weighted by atomic mass is 15.1. The molecule has 206 valence electrons. The van der Waals surface area contributed by atoms with E-state index in [1.807, 2.05) is 0 Å². The minimum Gasteiger partial charge on any atom is -0.247 e. The Morgan fingerprint density at radius 1 is 0.543 bits per heavy atom. The number of H-pyrrole nitrogens is 1. The van der Waals surface area contributed by atoms with Gasteiger partial charge in [-0.2, -0.15) is 0 Å². The molecule has 0 aromatic carbocycles. The van der Waals surface area contributed by atoms with Crippen molar-refractivity contribution in [3.63, 3.8) is 0 Å². The minimum atomic E-state index is 0.623. The number of imidazole rings is 1. The molecule has 0 radical (unpaired) electrons. The lowest BCUT2D eigenvalue weighted by Gasteiger charge is -2.17. The van der Waals surface area contributed by atoms with Crippen molar-refractivity contribution >= 4 is 0 Å². The number of aromatic nitrogens is 2. The lowest BCUT2D eigenvalue weighted by Crippen LogP contribution is -2.41. The van der Waals surface area contributed by atoms with Crippen LogP contribution in [0, 0.1) is 0 Å². The van der Waals surface area contributed by atoms with Gasteiger partial charge in [0, 0.05) is 0 Å². The summed E-state index contributed by atoms with van der Waals surface area (Å²) >= 11 is 0. The third-order valence-corrected chi connectivity index (χ3v) is 8.14. The molecule has 35 heavy (non-hydrogen) atoms. The average Bonchev–Trinajstić information content (AvgIpc) is 3.36. The Kier molecular flexibility index (Phi) is 21.7. The average molecular weight is 490 g/mol. The van der Waals surface area contributed by atoms with Crippen molar-refractivity contribution in [3.05, 3.63) is 18.2 Å². The van der Waals surface area contributed by atoms with Crippen molar-refractivity contribution in [1.29, 1.82) is 0 Å². The number of aromatic amines is 1. The molecule has 0 aliphatic carbocycles. The fourth-order valence-electron chi connectivity index (χ4n) is 5.71. The van der Waals surface area contributed by atoms with E-state index in [0.717, 1.165) is 0 Å². The lowest BCUT2D eigenvalue weighted by molar-refractivity contribution is -0.727. The first-order valence-electron chi connectivity index (χ1n) is 16.3. The van der Waals surface area contributed by atoms with E-state index in [4.69, 9.17) is 0 Å². The van der Waals surface area contributed by atoms with Gasteiger partial charge in [-0.25, -0.2) is 9.55 Å². The van der Waals surface area contributed by atoms with Crippen LogP contribution in [0.2, 0.25) is 0 Å². The summed E-state index contributed by atoms with van der Waals surface area (Å²) in [6, 6.07) is 0.623. The van der Waals surface area contributed by atoms with Crippen molar-refractivity contribution in [3.8, 4) is 0 Å². The smallest absolute Gasteiger partial charge is 0.247 e. The number of nitrogens with one attached hydrogen (secondary N) is 1. The summed E-state index contributed by atoms with van der Waals surface area (Å²) in [6.07, 6.45) is 38.3. The van der Waals surface area contributed by atoms with Crippen molar-refractivity contribution < 1.29 is 4.57 Å². The Labute approximate surface area is 221 Å². The molecule has 0 spiro atoms. The first-order valence-corrected chi connectivity index (χ1v) is 16.3. The van der Waals surface area contributed by atoms with Gasteiger partial charge in [0.05, 0.1) is 12.0 Å². The van der Waals surface area contributed by atoms with Gasteiger partial charge in [0.15, 0.2) is 0 Å². The molecule has 0 aliphatic heterocycles. The maximum atomic E-state index is 3.68. The molecule has 0 bridgehead atoms. The van der Waals surface area contributed by atoms with Gasteiger partial charge < -0.3 is 0 Å². The van der Waals surface area contributed by atoms with E-state index in [0.29, 0.717) is 12.0 Å². The molecule has 1 aromatic rings. The molecule has 0 saturated carbocycles. The zero-order valence-corrected chi connectivity index (χ0v) is 24.7. The van der Waals surface area contributed by atoms with Gasteiger partial charge >= 0.3 is 0 Å². The Bertz CT molecular complexity index is 549. The largest absolute Gasteiger partial charge is 0.257 e. The summed E-state index contributed by atoms with van der Waals surface area (Å²) in [5.74, 6) is 2.22. The van der Waals surface area contributed by atoms with Crippen LogP contribution in [0.25, 0.3) is 0 Å². The van der Waals surface area contributed by atoms with Gasteiger partial charge in [0.2, 0.25) is 0 Å². The second-order valence-electron chi connectivity index (χ2n) is 11.5. The van der Waals surface area contributed by atoms with E-state index in [9.17, 15) is 0 Å². The molecule has 1 heterocycles. The van der Waals surface area contributed by atoms with Crippen LogP contribution in [0.4, 0.5) is 0 Å². The molecule has 1 rings (SSSR count). The molecular weight excluding hydrogens is 424 g/mol. The predicted octanol–water partition coefficient (Wildman–Crippen LogP) is 11.4. The van der Waals surface area contributed by atoms with Crippen LogP contribution >= 0.6 is 0 Å². The molecule has 2 atom stereocenters. The van der Waals surface area contributed by atoms with Gasteiger partial charge in [-0.15, -0.1) is 0 Å². The molecule has 0 amide bonds. The number of rotatable bonds is 26. The fraction of sp³-hybridized carbons (Fsp3) is 0.909. The summed E-state index contributed by atoms with van der Waals surface area (Å²) < 4.78 is 2.60. The molecule has 2 unspecified atom stereocenters. The molecule has 1 N–H and O–H groups in total. The summed E-state index contributed by atoms with van der Waals surface area (Å²) in [5, 5.41) is 0. The van der Waals surface area contributed by atoms with Gasteiger partial charge in [-0.1, -0.05) is 149 Å². The second kappa shape index (κ2) is 23.6. The van der Waals surface area contributed by atoms with Crippen LogP contribution in [0.3, 0.4) is 0 Å². The Balaban J connectivity index is 2.31. The van der Waals surface area contributed by atoms with Crippen LogP contribution in [0.5, 0.6) is 0 Å². The van der Waals surface area contributed by atoms with Gasteiger partial charge in [0.25, 0.3) is 5.82 Å². The van der Waals surface area contributed by atoms with Crippen LogP contribution in [-0.2, 0) is 0 Å². The molecule has 2 nitrogen and oxygen atoms in total. The molecule has 1 aromatic heterocycles. The molecular formula is C33H65N2+. The second-order valence-corrected chi connectivity index (χ2v) is 11.5. The molecule has 0 fully saturated rings. The molecule has 0 saturated heterocycles. The standard InChI is InChI=1S/C33H64N2/c1-5-8-11-13-15-17-19-20-22-24-26-31(4)35-30-29-34-33(35)32(27-10-7-3)28-25-23-21-18-16-14-12-9-6-2/h29-32H,5-28H2,1-4H3/p+1. The van der Waals surface area contributed by atoms with E-state index in [-0.39, 0.29) is 0 Å². The van der Waals surface area contributed by atoms with E-state index >= 15 is 0 Å². The Hall–Kier alpha value is -0.790. The molecule has 0 aliphatic rings. The summed E-state index contributed by atoms with van der Waals surface area (Å²) in [4.78, 5) is 3.68. The maximum Gasteiger partial charge on any atom is 0.257 e. The highest BCUT2D eigenvalue weighted by molar-refractivity contribution is 4.90. The van der Waals surface area contributed by atoms with Crippen LogP contribution in [0.1, 0.15) is 200 Å². The SMILES string of the molecule is CCCCCCCCCCCCC(C)[n+]1cc[nH]c1C(CCCC)CCCCCCCCCCC. The normalized spacial score (nSPS) is 13.4. The van der Waals surface area contributed by atoms with E-state index in [2.05, 4.69) is 49.6 Å². The fourth-order valence-corrected chi connectivity index (χ4v) is 5.71. The summed E-state index contributed by atoms with van der Waals surface area (Å²) in [5.41, 5.74) is 0. The van der Waals surface area contributed by atoms with Crippen molar-refractivity contribution in [2.45, 2.75) is 194 Å². The van der Waals surface area contributed by atoms with Gasteiger partial charge in [0.1, 0.15) is 12.4 Å². The monoisotopic (exact) mass is 490 g/mol. The number of hydrogen-bond donors (Lipinski definition) is 1. The quantitative estimate of drug-likeness (QED) is 0.0985. The van der Waals surface area contributed by atoms with Crippen molar-refractivity contribution in [2.24, 2.45) is 0 Å². The van der Waals surface area contributed by atoms with Gasteiger partial charge in [-0.05, 0) is 32.6 Å². The Morgan fingerprint density at radius 2 is 0.943 bits per heavy atom. The van der Waals surface area contributed by atoms with Crippen molar-refractivity contribution in [2.75, 3.05) is 0 Å². The van der Waals surface area contributed by atoms with E-state index < -0.39 is 0 Å². The Morgan fingerprint density at radius 3 is 1.43 bits per heavy atom. The summed E-state index contributed by atoms with van der Waals surface area (Å²) in [6.45, 7) is 9.40. The molecule has 2 heteroatoms. The van der Waals surface area contributed by atoms with E-state index in [1.165, 1.54) is 160 Å². The van der Waals surface area contributed by atoms with Crippen LogP contribution < -0.4 is 4.57 Å². The minimum absolute atomic E-state index is 0.623. The highest BCUT2D eigenvalue weighted by Crippen LogP contribution is 2.26. The first kappa shape index (κ1) is 32.2. The first-order chi connectivity index (χ1) is 17.2. The summed E-state index contributed by atoms with van der Waals surface area (Å²) in [7, 11) is 0. The third kappa shape index (κ3) is 16.6. The number of hydrogen-bond acceptors (Lipinski definition) is 0. The zero-order valence-electron chi connectivity index (χ0n) is 24.7. The van der Waals surface area contributed by atoms with Crippen molar-refractivity contribution in [1.82, 2.24) is 4.98 Å². The predicted molar refractivity (Wildman–Crippen MR) is 156 cm³/mol. The zero-order chi connectivity index (χ0) is 25.4. The number of nitrogens with zero attached hydrogens (tertiary/aromatic N) is 1. The van der Waals surface area contributed by atoms with Crippen LogP contribution in [0.15, 0.2) is 12.4 Å². The maximum absolute atomic E-state index is 3.68. The van der Waals surface area contributed by atoms with Gasteiger partial charge in [-0.3, -0.25) is 0 Å². The highest BCUT2D eigenvalue weighted by Gasteiger charge is 2.25. The third-order valence-electron chi connectivity index (χ3n) is 8.14. The lowest BCUT2D eigenvalue weighted by atomic mass is 9.93. The van der Waals surface area contributed by atoms with Crippen LogP contribution in [-0.4, -0.2) is 4.98 Å². The van der Waals surface area contributed by atoms with E-state index in [1.54, 1.807) is 0 Å².